The van der Waals surface area contributed by atoms with Gasteiger partial charge in [0, 0.05) is 12.6 Å². The molecule has 0 saturated carbocycles. The van der Waals surface area contributed by atoms with Gasteiger partial charge in [-0.15, -0.1) is 0 Å². The molecule has 2 nitrogen and oxygen atoms in total. The lowest BCUT2D eigenvalue weighted by atomic mass is 10.2. The fourth-order valence-electron chi connectivity index (χ4n) is 1.80. The second-order valence-corrected chi connectivity index (χ2v) is 4.89. The van der Waals surface area contributed by atoms with Crippen molar-refractivity contribution >= 4 is 0 Å². The molecule has 0 bridgehead atoms. The van der Waals surface area contributed by atoms with Crippen LogP contribution in [-0.4, -0.2) is 12.6 Å². The van der Waals surface area contributed by atoms with Crippen molar-refractivity contribution in [3.8, 4) is 5.75 Å². The Morgan fingerprint density at radius 3 is 2.37 bits per heavy atom. The first-order chi connectivity index (χ1) is 9.24. The predicted molar refractivity (Wildman–Crippen MR) is 79.4 cm³/mol. The fourth-order valence-corrected chi connectivity index (χ4v) is 1.80. The van der Waals surface area contributed by atoms with Crippen LogP contribution in [0.4, 0.5) is 0 Å². The average molecular weight is 255 g/mol. The number of hydrogen-bond acceptors (Lipinski definition) is 2. The van der Waals surface area contributed by atoms with E-state index < -0.39 is 0 Å². The summed E-state index contributed by atoms with van der Waals surface area (Å²) in [6.07, 6.45) is 0. The Balaban J connectivity index is 1.72. The van der Waals surface area contributed by atoms with Gasteiger partial charge in [0.1, 0.15) is 12.4 Å². The molecule has 2 heteroatoms. The van der Waals surface area contributed by atoms with Crippen molar-refractivity contribution in [2.45, 2.75) is 26.4 Å². The first-order valence-corrected chi connectivity index (χ1v) is 6.71. The van der Waals surface area contributed by atoms with Gasteiger partial charge in [0.2, 0.25) is 0 Å². The molecule has 0 aliphatic heterocycles. The summed E-state index contributed by atoms with van der Waals surface area (Å²) >= 11 is 0. The lowest BCUT2D eigenvalue weighted by Gasteiger charge is -2.15. The van der Waals surface area contributed by atoms with Crippen LogP contribution in [0.3, 0.4) is 0 Å². The number of hydrogen-bond donors (Lipinski definition) is 1. The number of nitrogens with one attached hydrogen (secondary N) is 1. The van der Waals surface area contributed by atoms with Crippen LogP contribution in [0, 0.1) is 6.92 Å². The Labute approximate surface area is 115 Å². The maximum Gasteiger partial charge on any atom is 0.119 e. The standard InChI is InChI=1S/C17H21NO/c1-14-8-10-17(11-9-14)19-13-15(2)18-12-16-6-4-3-5-7-16/h3-11,15,18H,12-13H2,1-2H3. The Kier molecular flexibility index (Phi) is 4.99. The lowest BCUT2D eigenvalue weighted by molar-refractivity contribution is 0.272. The largest absolute Gasteiger partial charge is 0.492 e. The molecule has 0 fully saturated rings. The molecule has 0 radical (unpaired) electrons. The van der Waals surface area contributed by atoms with Crippen molar-refractivity contribution in [1.29, 1.82) is 0 Å². The van der Waals surface area contributed by atoms with Crippen LogP contribution >= 0.6 is 0 Å². The minimum absolute atomic E-state index is 0.321. The summed E-state index contributed by atoms with van der Waals surface area (Å²) in [5, 5.41) is 3.46. The molecule has 0 heterocycles. The SMILES string of the molecule is Cc1ccc(OCC(C)NCc2ccccc2)cc1. The third-order valence-corrected chi connectivity index (χ3v) is 3.02. The van der Waals surface area contributed by atoms with Crippen LogP contribution in [0.25, 0.3) is 0 Å². The monoisotopic (exact) mass is 255 g/mol. The van der Waals surface area contributed by atoms with Crippen molar-refractivity contribution < 1.29 is 4.74 Å². The van der Waals surface area contributed by atoms with Crippen LogP contribution in [0.1, 0.15) is 18.1 Å². The minimum Gasteiger partial charge on any atom is -0.492 e. The maximum absolute atomic E-state index is 5.75. The van der Waals surface area contributed by atoms with Crippen molar-refractivity contribution in [2.24, 2.45) is 0 Å². The molecule has 1 N–H and O–H groups in total. The molecule has 0 amide bonds. The van der Waals surface area contributed by atoms with Crippen molar-refractivity contribution in [2.75, 3.05) is 6.61 Å². The first kappa shape index (κ1) is 13.6. The molecule has 100 valence electrons. The molecular formula is C17H21NO. The van der Waals surface area contributed by atoms with E-state index in [2.05, 4.69) is 55.6 Å². The van der Waals surface area contributed by atoms with Crippen LogP contribution < -0.4 is 10.1 Å². The van der Waals surface area contributed by atoms with Gasteiger partial charge in [-0.05, 0) is 31.5 Å². The summed E-state index contributed by atoms with van der Waals surface area (Å²) in [5.74, 6) is 0.930. The summed E-state index contributed by atoms with van der Waals surface area (Å²) in [5.41, 5.74) is 2.55. The second kappa shape index (κ2) is 6.95. The van der Waals surface area contributed by atoms with Crippen LogP contribution in [0.2, 0.25) is 0 Å². The Hall–Kier alpha value is -1.80. The Morgan fingerprint density at radius 2 is 1.68 bits per heavy atom. The fraction of sp³-hybridized carbons (Fsp3) is 0.294. The van der Waals surface area contributed by atoms with E-state index in [1.165, 1.54) is 11.1 Å². The zero-order chi connectivity index (χ0) is 13.5. The quantitative estimate of drug-likeness (QED) is 0.852. The van der Waals surface area contributed by atoms with E-state index in [-0.39, 0.29) is 0 Å². The van der Waals surface area contributed by atoms with Gasteiger partial charge >= 0.3 is 0 Å². The van der Waals surface area contributed by atoms with E-state index in [1.54, 1.807) is 0 Å². The van der Waals surface area contributed by atoms with Crippen LogP contribution in [0.15, 0.2) is 54.6 Å². The van der Waals surface area contributed by atoms with Gasteiger partial charge in [0.25, 0.3) is 0 Å². The van der Waals surface area contributed by atoms with Gasteiger partial charge in [-0.3, -0.25) is 0 Å². The lowest BCUT2D eigenvalue weighted by Crippen LogP contribution is -2.31. The van der Waals surface area contributed by atoms with E-state index in [4.69, 9.17) is 4.74 Å². The van der Waals surface area contributed by atoms with Crippen molar-refractivity contribution in [1.82, 2.24) is 5.32 Å². The smallest absolute Gasteiger partial charge is 0.119 e. The summed E-state index contributed by atoms with van der Waals surface area (Å²) in [6, 6.07) is 18.9. The highest BCUT2D eigenvalue weighted by Crippen LogP contribution is 2.11. The molecule has 1 unspecified atom stereocenters. The molecule has 0 saturated heterocycles. The normalized spacial score (nSPS) is 12.1. The number of aryl methyl sites for hydroxylation is 1. The van der Waals surface area contributed by atoms with E-state index in [9.17, 15) is 0 Å². The molecule has 19 heavy (non-hydrogen) atoms. The Morgan fingerprint density at radius 1 is 1.00 bits per heavy atom. The average Bonchev–Trinajstić information content (AvgIpc) is 2.45. The first-order valence-electron chi connectivity index (χ1n) is 6.71. The summed E-state index contributed by atoms with van der Waals surface area (Å²) in [4.78, 5) is 0. The van der Waals surface area contributed by atoms with E-state index >= 15 is 0 Å². The summed E-state index contributed by atoms with van der Waals surface area (Å²) < 4.78 is 5.75. The molecule has 1 atom stereocenters. The molecule has 2 rings (SSSR count). The molecule has 0 spiro atoms. The third-order valence-electron chi connectivity index (χ3n) is 3.02. The number of benzene rings is 2. The van der Waals surface area contributed by atoms with Gasteiger partial charge in [0.15, 0.2) is 0 Å². The molecule has 2 aromatic rings. The minimum atomic E-state index is 0.321. The van der Waals surface area contributed by atoms with Crippen LogP contribution in [0.5, 0.6) is 5.75 Å². The van der Waals surface area contributed by atoms with E-state index in [0.29, 0.717) is 12.6 Å². The molecular weight excluding hydrogens is 234 g/mol. The number of ether oxygens (including phenoxy) is 1. The third kappa shape index (κ3) is 4.76. The highest BCUT2D eigenvalue weighted by molar-refractivity contribution is 5.26. The van der Waals surface area contributed by atoms with Crippen molar-refractivity contribution in [3.63, 3.8) is 0 Å². The highest BCUT2D eigenvalue weighted by atomic mass is 16.5. The van der Waals surface area contributed by atoms with Gasteiger partial charge in [0.05, 0.1) is 0 Å². The second-order valence-electron chi connectivity index (χ2n) is 4.89. The summed E-state index contributed by atoms with van der Waals surface area (Å²) in [6.45, 7) is 5.76. The number of rotatable bonds is 6. The summed E-state index contributed by atoms with van der Waals surface area (Å²) in [7, 11) is 0. The topological polar surface area (TPSA) is 21.3 Å². The zero-order valence-electron chi connectivity index (χ0n) is 11.6. The van der Waals surface area contributed by atoms with Gasteiger partial charge < -0.3 is 10.1 Å². The molecule has 0 aromatic heterocycles. The maximum atomic E-state index is 5.75. The van der Waals surface area contributed by atoms with Gasteiger partial charge in [-0.25, -0.2) is 0 Å². The van der Waals surface area contributed by atoms with Gasteiger partial charge in [-0.1, -0.05) is 48.0 Å². The molecule has 0 aliphatic carbocycles. The highest BCUT2D eigenvalue weighted by Gasteiger charge is 2.02. The van der Waals surface area contributed by atoms with Gasteiger partial charge in [-0.2, -0.15) is 0 Å². The molecule has 2 aromatic carbocycles. The Bertz CT molecular complexity index is 478. The van der Waals surface area contributed by atoms with Crippen LogP contribution in [-0.2, 0) is 6.54 Å². The zero-order valence-corrected chi connectivity index (χ0v) is 11.6. The predicted octanol–water partition coefficient (Wildman–Crippen LogP) is 3.55. The molecule has 0 aliphatic rings. The van der Waals surface area contributed by atoms with Crippen molar-refractivity contribution in [3.05, 3.63) is 65.7 Å². The van der Waals surface area contributed by atoms with E-state index in [1.807, 2.05) is 18.2 Å². The van der Waals surface area contributed by atoms with E-state index in [0.717, 1.165) is 12.3 Å².